The topological polar surface area (TPSA) is 55.3 Å². The largest absolute Gasteiger partial charge is 0.444 e. The van der Waals surface area contributed by atoms with E-state index in [1.165, 1.54) is 0 Å². The van der Waals surface area contributed by atoms with Gasteiger partial charge in [-0.3, -0.25) is 0 Å². The number of rotatable bonds is 1. The smallest absolute Gasteiger partial charge is 0.410 e. The van der Waals surface area contributed by atoms with Crippen molar-refractivity contribution in [3.63, 3.8) is 0 Å². The van der Waals surface area contributed by atoms with Gasteiger partial charge in [-0.15, -0.1) is 0 Å². The van der Waals surface area contributed by atoms with Crippen molar-refractivity contribution >= 4 is 29.3 Å². The number of nitrogens with zero attached hydrogens (tertiary/aromatic N) is 3. The Kier molecular flexibility index (Phi) is 4.94. The molecule has 1 aromatic heterocycles. The van der Waals surface area contributed by atoms with E-state index in [0.29, 0.717) is 18.2 Å². The summed E-state index contributed by atoms with van der Waals surface area (Å²) in [5, 5.41) is 0.506. The zero-order valence-electron chi connectivity index (χ0n) is 12.4. The Balaban J connectivity index is 1.95. The van der Waals surface area contributed by atoms with Gasteiger partial charge >= 0.3 is 6.09 Å². The summed E-state index contributed by atoms with van der Waals surface area (Å²) in [6.07, 6.45) is 1.35. The first-order chi connectivity index (χ1) is 9.74. The highest BCUT2D eigenvalue weighted by Gasteiger charge is 2.28. The van der Waals surface area contributed by atoms with Gasteiger partial charge in [0.15, 0.2) is 0 Å². The fourth-order valence-corrected chi connectivity index (χ4v) is 2.72. The minimum Gasteiger partial charge on any atom is -0.444 e. The average molecular weight is 332 g/mol. The van der Waals surface area contributed by atoms with Gasteiger partial charge in [-0.2, -0.15) is 0 Å². The van der Waals surface area contributed by atoms with E-state index in [-0.39, 0.29) is 17.3 Å². The molecule has 7 heteroatoms. The van der Waals surface area contributed by atoms with E-state index in [0.717, 1.165) is 18.5 Å². The Morgan fingerprint density at radius 3 is 2.43 bits per heavy atom. The maximum absolute atomic E-state index is 12.0. The summed E-state index contributed by atoms with van der Waals surface area (Å²) in [4.78, 5) is 21.8. The molecule has 0 bridgehead atoms. The number of carbonyl (C=O) groups excluding carboxylic acids is 1. The molecule has 0 atom stereocenters. The molecular formula is C14H19Cl2N3O2. The molecule has 0 aromatic carbocycles. The molecule has 0 radical (unpaired) electrons. The molecule has 0 N–H and O–H groups in total. The van der Waals surface area contributed by atoms with Gasteiger partial charge in [0, 0.05) is 19.0 Å². The summed E-state index contributed by atoms with van der Waals surface area (Å²) in [6, 6.07) is 1.74. The maximum Gasteiger partial charge on any atom is 0.410 e. The van der Waals surface area contributed by atoms with Crippen molar-refractivity contribution in [1.29, 1.82) is 0 Å². The second-order valence-electron chi connectivity index (χ2n) is 6.13. The Labute approximate surface area is 134 Å². The SMILES string of the molecule is CC(C)(C)OC(=O)N1CCC(c2cc(Cl)nc(Cl)n2)CC1. The summed E-state index contributed by atoms with van der Waals surface area (Å²) in [5.74, 6) is 0.238. The number of amides is 1. The molecule has 0 saturated carbocycles. The van der Waals surface area contributed by atoms with E-state index in [1.807, 2.05) is 20.8 Å². The predicted octanol–water partition coefficient (Wildman–Crippen LogP) is 3.90. The molecule has 1 fully saturated rings. The second-order valence-corrected chi connectivity index (χ2v) is 6.85. The summed E-state index contributed by atoms with van der Waals surface area (Å²) in [6.45, 7) is 6.87. The van der Waals surface area contributed by atoms with Crippen molar-refractivity contribution < 1.29 is 9.53 Å². The van der Waals surface area contributed by atoms with Crippen LogP contribution in [0.5, 0.6) is 0 Å². The van der Waals surface area contributed by atoms with Crippen LogP contribution < -0.4 is 0 Å². The summed E-state index contributed by atoms with van der Waals surface area (Å²) >= 11 is 11.7. The molecule has 1 aliphatic heterocycles. The van der Waals surface area contributed by atoms with Crippen LogP contribution in [-0.4, -0.2) is 39.7 Å². The molecule has 116 valence electrons. The quantitative estimate of drug-likeness (QED) is 0.578. The Hall–Kier alpha value is -1.07. The van der Waals surface area contributed by atoms with Gasteiger partial charge in [0.2, 0.25) is 5.28 Å². The molecule has 2 rings (SSSR count). The van der Waals surface area contributed by atoms with Crippen LogP contribution in [0.2, 0.25) is 10.4 Å². The maximum atomic E-state index is 12.0. The van der Waals surface area contributed by atoms with Crippen molar-refractivity contribution in [2.24, 2.45) is 0 Å². The lowest BCUT2D eigenvalue weighted by atomic mass is 9.93. The average Bonchev–Trinajstić information content (AvgIpc) is 2.35. The Bertz CT molecular complexity index is 503. The Morgan fingerprint density at radius 1 is 1.29 bits per heavy atom. The minimum absolute atomic E-state index is 0.159. The third-order valence-electron chi connectivity index (χ3n) is 3.25. The number of likely N-dealkylation sites (tertiary alicyclic amines) is 1. The van der Waals surface area contributed by atoms with E-state index >= 15 is 0 Å². The summed E-state index contributed by atoms with van der Waals surface area (Å²) < 4.78 is 5.38. The lowest BCUT2D eigenvalue weighted by Crippen LogP contribution is -2.41. The second kappa shape index (κ2) is 6.36. The number of hydrogen-bond donors (Lipinski definition) is 0. The number of carbonyl (C=O) groups is 1. The third kappa shape index (κ3) is 4.71. The van der Waals surface area contributed by atoms with Gasteiger partial charge in [0.25, 0.3) is 0 Å². The van der Waals surface area contributed by atoms with Crippen LogP contribution in [0, 0.1) is 0 Å². The van der Waals surface area contributed by atoms with Gasteiger partial charge in [0.1, 0.15) is 10.8 Å². The van der Waals surface area contributed by atoms with Crippen LogP contribution in [0.4, 0.5) is 4.79 Å². The van der Waals surface area contributed by atoms with Crippen molar-refractivity contribution in [3.8, 4) is 0 Å². The third-order valence-corrected chi connectivity index (χ3v) is 3.61. The van der Waals surface area contributed by atoms with Gasteiger partial charge in [-0.05, 0) is 51.3 Å². The molecule has 1 aromatic rings. The molecule has 2 heterocycles. The fourth-order valence-electron chi connectivity index (χ4n) is 2.30. The summed E-state index contributed by atoms with van der Waals surface area (Å²) in [7, 11) is 0. The molecule has 1 saturated heterocycles. The van der Waals surface area contributed by atoms with Crippen molar-refractivity contribution in [3.05, 3.63) is 22.2 Å². The van der Waals surface area contributed by atoms with Gasteiger partial charge in [-0.25, -0.2) is 14.8 Å². The van der Waals surface area contributed by atoms with Crippen LogP contribution in [-0.2, 0) is 4.74 Å². The van der Waals surface area contributed by atoms with E-state index < -0.39 is 5.60 Å². The van der Waals surface area contributed by atoms with Crippen LogP contribution in [0.15, 0.2) is 6.07 Å². The zero-order valence-corrected chi connectivity index (χ0v) is 13.9. The molecule has 0 aliphatic carbocycles. The highest BCUT2D eigenvalue weighted by molar-refractivity contribution is 6.31. The van der Waals surface area contributed by atoms with Crippen LogP contribution in [0.25, 0.3) is 0 Å². The first-order valence-corrected chi connectivity index (χ1v) is 7.68. The van der Waals surface area contributed by atoms with E-state index in [4.69, 9.17) is 27.9 Å². The molecule has 21 heavy (non-hydrogen) atoms. The van der Waals surface area contributed by atoms with Crippen molar-refractivity contribution in [2.75, 3.05) is 13.1 Å². The lowest BCUT2D eigenvalue weighted by molar-refractivity contribution is 0.0204. The fraction of sp³-hybridized carbons (Fsp3) is 0.643. The number of piperidine rings is 1. The van der Waals surface area contributed by atoms with Crippen LogP contribution in [0.1, 0.15) is 45.2 Å². The molecule has 0 spiro atoms. The standard InChI is InChI=1S/C14H19Cl2N3O2/c1-14(2,3)21-13(20)19-6-4-9(5-7-19)10-8-11(15)18-12(16)17-10/h8-9H,4-7H2,1-3H3. The predicted molar refractivity (Wildman–Crippen MR) is 81.8 cm³/mol. The van der Waals surface area contributed by atoms with Crippen molar-refractivity contribution in [2.45, 2.75) is 45.1 Å². The number of aromatic nitrogens is 2. The minimum atomic E-state index is -0.471. The van der Waals surface area contributed by atoms with Gasteiger partial charge in [-0.1, -0.05) is 11.6 Å². The first kappa shape index (κ1) is 16.3. The van der Waals surface area contributed by atoms with E-state index in [1.54, 1.807) is 11.0 Å². The monoisotopic (exact) mass is 331 g/mol. The van der Waals surface area contributed by atoms with Crippen LogP contribution in [0.3, 0.4) is 0 Å². The molecule has 0 unspecified atom stereocenters. The highest BCUT2D eigenvalue weighted by Crippen LogP contribution is 2.29. The number of halogens is 2. The van der Waals surface area contributed by atoms with Gasteiger partial charge < -0.3 is 9.64 Å². The van der Waals surface area contributed by atoms with Gasteiger partial charge in [0.05, 0.1) is 5.69 Å². The molecular weight excluding hydrogens is 313 g/mol. The normalized spacial score (nSPS) is 16.9. The number of hydrogen-bond acceptors (Lipinski definition) is 4. The van der Waals surface area contributed by atoms with E-state index in [2.05, 4.69) is 9.97 Å². The van der Waals surface area contributed by atoms with Crippen molar-refractivity contribution in [1.82, 2.24) is 14.9 Å². The van der Waals surface area contributed by atoms with E-state index in [9.17, 15) is 4.79 Å². The zero-order chi connectivity index (χ0) is 15.6. The molecule has 5 nitrogen and oxygen atoms in total. The summed E-state index contributed by atoms with van der Waals surface area (Å²) in [5.41, 5.74) is 0.366. The molecule has 1 aliphatic rings. The molecule has 1 amide bonds. The van der Waals surface area contributed by atoms with Crippen LogP contribution >= 0.6 is 23.2 Å². The Morgan fingerprint density at radius 2 is 1.90 bits per heavy atom. The first-order valence-electron chi connectivity index (χ1n) is 6.92. The lowest BCUT2D eigenvalue weighted by Gasteiger charge is -2.33. The highest BCUT2D eigenvalue weighted by atomic mass is 35.5. The number of ether oxygens (including phenoxy) is 1.